The average molecular weight is 295 g/mol. The molecule has 1 heterocycles. The maximum absolute atomic E-state index is 12.1. The highest BCUT2D eigenvalue weighted by Gasteiger charge is 2.24. The number of carbonyl (C=O) groups is 2. The maximum atomic E-state index is 12.1. The lowest BCUT2D eigenvalue weighted by molar-refractivity contribution is -0.139. The van der Waals surface area contributed by atoms with E-state index in [0.29, 0.717) is 12.8 Å². The zero-order valence-electron chi connectivity index (χ0n) is 13.4. The van der Waals surface area contributed by atoms with Crippen LogP contribution in [0.2, 0.25) is 0 Å². The number of aromatic amines is 1. The number of H-pyrrole nitrogens is 1. The number of hydrogen-bond acceptors (Lipinski definition) is 3. The van der Waals surface area contributed by atoms with Gasteiger partial charge in [0.15, 0.2) is 0 Å². The zero-order chi connectivity index (χ0) is 16.2. The summed E-state index contributed by atoms with van der Waals surface area (Å²) in [4.78, 5) is 23.3. The van der Waals surface area contributed by atoms with Gasteiger partial charge >= 0.3 is 5.97 Å². The molecule has 6 heteroatoms. The zero-order valence-corrected chi connectivity index (χ0v) is 13.4. The summed E-state index contributed by atoms with van der Waals surface area (Å²) in [5.41, 5.74) is 1.10. The number of hydrogen-bond donors (Lipinski definition) is 3. The van der Waals surface area contributed by atoms with E-state index in [0.717, 1.165) is 5.69 Å². The molecule has 1 atom stereocenters. The Morgan fingerprint density at radius 1 is 1.38 bits per heavy atom. The Balaban J connectivity index is 2.69. The molecule has 1 aromatic rings. The monoisotopic (exact) mass is 295 g/mol. The standard InChI is InChI=1S/C15H25N3O3/c1-9(2)11-8-12(18-17-11)13(19)16-10(14(20)21)6-7-15(3,4)5/h8-10H,6-7H2,1-5H3,(H,16,19)(H,17,18)(H,20,21). The third-order valence-electron chi connectivity index (χ3n) is 3.24. The molecule has 0 saturated heterocycles. The van der Waals surface area contributed by atoms with E-state index in [4.69, 9.17) is 0 Å². The number of aliphatic carboxylic acids is 1. The van der Waals surface area contributed by atoms with Crippen LogP contribution in [-0.4, -0.2) is 33.2 Å². The molecule has 0 bridgehead atoms. The van der Waals surface area contributed by atoms with Gasteiger partial charge in [-0.2, -0.15) is 5.10 Å². The van der Waals surface area contributed by atoms with Crippen LogP contribution in [0.3, 0.4) is 0 Å². The highest BCUT2D eigenvalue weighted by atomic mass is 16.4. The number of carboxylic acids is 1. The third-order valence-corrected chi connectivity index (χ3v) is 3.24. The summed E-state index contributed by atoms with van der Waals surface area (Å²) in [6.07, 6.45) is 1.11. The summed E-state index contributed by atoms with van der Waals surface area (Å²) in [6.45, 7) is 10.1. The van der Waals surface area contributed by atoms with Gasteiger partial charge in [0.1, 0.15) is 11.7 Å². The molecule has 1 amide bonds. The van der Waals surface area contributed by atoms with Crippen LogP contribution >= 0.6 is 0 Å². The Morgan fingerprint density at radius 3 is 2.43 bits per heavy atom. The van der Waals surface area contributed by atoms with Crippen molar-refractivity contribution in [3.8, 4) is 0 Å². The SMILES string of the molecule is CC(C)c1cc(C(=O)NC(CCC(C)(C)C)C(=O)O)n[nH]1. The molecule has 0 aliphatic carbocycles. The van der Waals surface area contributed by atoms with Gasteiger partial charge in [0.2, 0.25) is 0 Å². The van der Waals surface area contributed by atoms with Crippen LogP contribution in [0.1, 0.15) is 69.6 Å². The van der Waals surface area contributed by atoms with Crippen molar-refractivity contribution in [2.75, 3.05) is 0 Å². The minimum atomic E-state index is -1.02. The number of rotatable bonds is 6. The van der Waals surface area contributed by atoms with Crippen LogP contribution in [-0.2, 0) is 4.79 Å². The Labute approximate surface area is 125 Å². The van der Waals surface area contributed by atoms with Gasteiger partial charge in [-0.3, -0.25) is 9.89 Å². The van der Waals surface area contributed by atoms with E-state index in [9.17, 15) is 14.7 Å². The van der Waals surface area contributed by atoms with E-state index >= 15 is 0 Å². The van der Waals surface area contributed by atoms with Gasteiger partial charge in [0, 0.05) is 5.69 Å². The predicted octanol–water partition coefficient (Wildman–Crippen LogP) is 2.54. The van der Waals surface area contributed by atoms with E-state index < -0.39 is 17.9 Å². The molecule has 1 aromatic heterocycles. The van der Waals surface area contributed by atoms with Crippen molar-refractivity contribution in [3.05, 3.63) is 17.5 Å². The molecule has 118 valence electrons. The Bertz CT molecular complexity index is 501. The highest BCUT2D eigenvalue weighted by molar-refractivity contribution is 5.95. The molecule has 0 aliphatic heterocycles. The van der Waals surface area contributed by atoms with Gasteiger partial charge in [0.25, 0.3) is 5.91 Å². The first kappa shape index (κ1) is 17.2. The highest BCUT2D eigenvalue weighted by Crippen LogP contribution is 2.21. The number of nitrogens with one attached hydrogen (secondary N) is 2. The fourth-order valence-electron chi connectivity index (χ4n) is 1.82. The van der Waals surface area contributed by atoms with Gasteiger partial charge in [0.05, 0.1) is 0 Å². The lowest BCUT2D eigenvalue weighted by atomic mass is 9.88. The molecule has 6 nitrogen and oxygen atoms in total. The molecular weight excluding hydrogens is 270 g/mol. The van der Waals surface area contributed by atoms with Gasteiger partial charge < -0.3 is 10.4 Å². The van der Waals surface area contributed by atoms with Gasteiger partial charge in [-0.05, 0) is 30.2 Å². The largest absolute Gasteiger partial charge is 0.480 e. The molecule has 3 N–H and O–H groups in total. The van der Waals surface area contributed by atoms with Crippen molar-refractivity contribution in [2.45, 2.75) is 59.4 Å². The van der Waals surface area contributed by atoms with Crippen molar-refractivity contribution in [1.29, 1.82) is 0 Å². The molecule has 0 aromatic carbocycles. The number of nitrogens with zero attached hydrogens (tertiary/aromatic N) is 1. The smallest absolute Gasteiger partial charge is 0.326 e. The van der Waals surface area contributed by atoms with Crippen molar-refractivity contribution in [2.24, 2.45) is 5.41 Å². The van der Waals surface area contributed by atoms with E-state index in [-0.39, 0.29) is 17.0 Å². The Kier molecular flexibility index (Phi) is 5.52. The van der Waals surface area contributed by atoms with Crippen LogP contribution in [0.15, 0.2) is 6.07 Å². The second kappa shape index (κ2) is 6.74. The maximum Gasteiger partial charge on any atom is 0.326 e. The van der Waals surface area contributed by atoms with E-state index in [2.05, 4.69) is 15.5 Å². The summed E-state index contributed by atoms with van der Waals surface area (Å²) in [6, 6.07) is 0.763. The molecule has 0 radical (unpaired) electrons. The summed E-state index contributed by atoms with van der Waals surface area (Å²) in [7, 11) is 0. The van der Waals surface area contributed by atoms with Crippen LogP contribution < -0.4 is 5.32 Å². The Morgan fingerprint density at radius 2 is 2.00 bits per heavy atom. The van der Waals surface area contributed by atoms with E-state index in [1.807, 2.05) is 34.6 Å². The topological polar surface area (TPSA) is 95.1 Å². The summed E-state index contributed by atoms with van der Waals surface area (Å²) < 4.78 is 0. The summed E-state index contributed by atoms with van der Waals surface area (Å²) >= 11 is 0. The van der Waals surface area contributed by atoms with Crippen LogP contribution in [0.5, 0.6) is 0 Å². The molecule has 21 heavy (non-hydrogen) atoms. The number of carbonyl (C=O) groups excluding carboxylic acids is 1. The van der Waals surface area contributed by atoms with Gasteiger partial charge in [-0.1, -0.05) is 34.6 Å². The number of aromatic nitrogens is 2. The normalized spacial score (nSPS) is 13.2. The first-order valence-corrected chi connectivity index (χ1v) is 7.19. The average Bonchev–Trinajstić information content (AvgIpc) is 2.82. The first-order chi connectivity index (χ1) is 9.60. The van der Waals surface area contributed by atoms with Crippen molar-refractivity contribution < 1.29 is 14.7 Å². The van der Waals surface area contributed by atoms with Crippen LogP contribution in [0.4, 0.5) is 0 Å². The molecule has 1 unspecified atom stereocenters. The van der Waals surface area contributed by atoms with Gasteiger partial charge in [-0.15, -0.1) is 0 Å². The van der Waals surface area contributed by atoms with Crippen LogP contribution in [0, 0.1) is 5.41 Å². The van der Waals surface area contributed by atoms with Crippen LogP contribution in [0.25, 0.3) is 0 Å². The van der Waals surface area contributed by atoms with Crippen molar-refractivity contribution in [3.63, 3.8) is 0 Å². The predicted molar refractivity (Wildman–Crippen MR) is 80.3 cm³/mol. The lowest BCUT2D eigenvalue weighted by Gasteiger charge is -2.21. The minimum absolute atomic E-state index is 0.0234. The summed E-state index contributed by atoms with van der Waals surface area (Å²) in [5, 5.41) is 18.5. The lowest BCUT2D eigenvalue weighted by Crippen LogP contribution is -2.41. The van der Waals surface area contributed by atoms with Crippen molar-refractivity contribution >= 4 is 11.9 Å². The quantitative estimate of drug-likeness (QED) is 0.751. The molecule has 1 rings (SSSR count). The van der Waals surface area contributed by atoms with E-state index in [1.165, 1.54) is 0 Å². The molecular formula is C15H25N3O3. The van der Waals surface area contributed by atoms with E-state index in [1.54, 1.807) is 6.07 Å². The number of carboxylic acid groups (broad SMARTS) is 1. The minimum Gasteiger partial charge on any atom is -0.480 e. The molecule has 0 fully saturated rings. The van der Waals surface area contributed by atoms with Crippen molar-refractivity contribution in [1.82, 2.24) is 15.5 Å². The first-order valence-electron chi connectivity index (χ1n) is 7.19. The Hall–Kier alpha value is -1.85. The fraction of sp³-hybridized carbons (Fsp3) is 0.667. The second-order valence-electron chi connectivity index (χ2n) is 6.83. The second-order valence-corrected chi connectivity index (χ2v) is 6.83. The van der Waals surface area contributed by atoms with Gasteiger partial charge in [-0.25, -0.2) is 4.79 Å². The molecule has 0 spiro atoms. The fourth-order valence-corrected chi connectivity index (χ4v) is 1.82. The molecule has 0 saturated carbocycles. The molecule has 0 aliphatic rings. The number of amides is 1. The third kappa shape index (κ3) is 5.57. The summed E-state index contributed by atoms with van der Waals surface area (Å²) in [5.74, 6) is -1.25.